The fourth-order valence-electron chi connectivity index (χ4n) is 0.172. The predicted octanol–water partition coefficient (Wildman–Crippen LogP) is -0.0628. The molecule has 0 saturated carbocycles. The lowest BCUT2D eigenvalue weighted by molar-refractivity contribution is 0.197. The van der Waals surface area contributed by atoms with Crippen LogP contribution in [0.4, 0.5) is 0 Å². The standard InChI is InChI=1S/C4H8N2OS/c1-2-3-6-7-4(5)8/h2,6H,1,3H2,(H2,5,8). The molecule has 0 bridgehead atoms. The summed E-state index contributed by atoms with van der Waals surface area (Å²) in [5, 5.41) is -0.00755. The highest BCUT2D eigenvalue weighted by molar-refractivity contribution is 7.79. The van der Waals surface area contributed by atoms with E-state index in [1.165, 1.54) is 0 Å². The van der Waals surface area contributed by atoms with Gasteiger partial charge in [-0.25, -0.2) is 0 Å². The minimum atomic E-state index is -0.00755. The van der Waals surface area contributed by atoms with Gasteiger partial charge in [0, 0.05) is 6.54 Å². The molecule has 3 nitrogen and oxygen atoms in total. The fraction of sp³-hybridized carbons (Fsp3) is 0.250. The quantitative estimate of drug-likeness (QED) is 0.244. The van der Waals surface area contributed by atoms with Crippen LogP contribution in [-0.4, -0.2) is 11.7 Å². The molecule has 0 fully saturated rings. The first-order valence-electron chi connectivity index (χ1n) is 2.07. The molecule has 0 aliphatic carbocycles. The smallest absolute Gasteiger partial charge is 0.275 e. The number of thiocarbonyl (C=S) groups is 1. The van der Waals surface area contributed by atoms with E-state index in [4.69, 9.17) is 5.73 Å². The number of nitrogens with one attached hydrogen (secondary N) is 1. The van der Waals surface area contributed by atoms with E-state index in [-0.39, 0.29) is 5.17 Å². The van der Waals surface area contributed by atoms with Crippen molar-refractivity contribution in [3.05, 3.63) is 12.7 Å². The van der Waals surface area contributed by atoms with Crippen molar-refractivity contribution in [3.63, 3.8) is 0 Å². The first kappa shape index (κ1) is 7.39. The Balaban J connectivity index is 2.93. The second-order valence-electron chi connectivity index (χ2n) is 1.06. The van der Waals surface area contributed by atoms with Crippen molar-refractivity contribution >= 4 is 17.4 Å². The highest BCUT2D eigenvalue weighted by Crippen LogP contribution is 1.65. The summed E-state index contributed by atoms with van der Waals surface area (Å²) in [6.07, 6.45) is 1.64. The van der Waals surface area contributed by atoms with Crippen molar-refractivity contribution in [2.75, 3.05) is 6.54 Å². The SMILES string of the molecule is C=CCNOC(N)=S. The Morgan fingerprint density at radius 3 is 3.00 bits per heavy atom. The number of hydrogen-bond acceptors (Lipinski definition) is 3. The summed E-state index contributed by atoms with van der Waals surface area (Å²) in [7, 11) is 0. The molecule has 0 radical (unpaired) electrons. The molecule has 0 saturated heterocycles. The zero-order valence-corrected chi connectivity index (χ0v) is 5.20. The van der Waals surface area contributed by atoms with E-state index in [9.17, 15) is 0 Å². The molecule has 0 rings (SSSR count). The molecule has 0 heterocycles. The highest BCUT2D eigenvalue weighted by Gasteiger charge is 1.81. The molecule has 0 spiro atoms. The monoisotopic (exact) mass is 132 g/mol. The normalized spacial score (nSPS) is 8.00. The molecule has 0 aromatic heterocycles. The van der Waals surface area contributed by atoms with Gasteiger partial charge in [0.2, 0.25) is 0 Å². The van der Waals surface area contributed by atoms with E-state index in [1.54, 1.807) is 6.08 Å². The van der Waals surface area contributed by atoms with Crippen molar-refractivity contribution in [2.24, 2.45) is 5.73 Å². The van der Waals surface area contributed by atoms with Gasteiger partial charge in [0.15, 0.2) is 0 Å². The maximum absolute atomic E-state index is 4.95. The molecule has 0 aromatic carbocycles. The molecular formula is C4H8N2OS. The van der Waals surface area contributed by atoms with E-state index >= 15 is 0 Å². The molecule has 46 valence electrons. The molecule has 0 amide bonds. The first-order valence-corrected chi connectivity index (χ1v) is 2.48. The average Bonchev–Trinajstić information content (AvgIpc) is 1.66. The Morgan fingerprint density at radius 2 is 2.62 bits per heavy atom. The van der Waals surface area contributed by atoms with E-state index in [1.807, 2.05) is 0 Å². The second kappa shape index (κ2) is 4.55. The molecule has 0 aliphatic rings. The van der Waals surface area contributed by atoms with Crippen LogP contribution in [0.3, 0.4) is 0 Å². The number of nitrogens with two attached hydrogens (primary N) is 1. The van der Waals surface area contributed by atoms with Crippen LogP contribution in [0.2, 0.25) is 0 Å². The van der Waals surface area contributed by atoms with Gasteiger partial charge in [0.25, 0.3) is 5.17 Å². The maximum Gasteiger partial charge on any atom is 0.275 e. The van der Waals surface area contributed by atoms with Crippen LogP contribution in [0.1, 0.15) is 0 Å². The summed E-state index contributed by atoms with van der Waals surface area (Å²) >= 11 is 4.37. The number of hydrogen-bond donors (Lipinski definition) is 2. The molecule has 3 N–H and O–H groups in total. The van der Waals surface area contributed by atoms with Gasteiger partial charge in [0.05, 0.1) is 0 Å². The summed E-state index contributed by atoms with van der Waals surface area (Å²) in [4.78, 5) is 4.47. The summed E-state index contributed by atoms with van der Waals surface area (Å²) in [6.45, 7) is 3.97. The van der Waals surface area contributed by atoms with Gasteiger partial charge in [-0.15, -0.1) is 12.1 Å². The van der Waals surface area contributed by atoms with Crippen molar-refractivity contribution in [1.82, 2.24) is 5.48 Å². The molecule has 8 heavy (non-hydrogen) atoms. The minimum absolute atomic E-state index is 0.00755. The van der Waals surface area contributed by atoms with Crippen LogP contribution in [0.25, 0.3) is 0 Å². The van der Waals surface area contributed by atoms with Gasteiger partial charge in [0.1, 0.15) is 0 Å². The lowest BCUT2D eigenvalue weighted by Gasteiger charge is -1.98. The van der Waals surface area contributed by atoms with Crippen molar-refractivity contribution in [3.8, 4) is 0 Å². The predicted molar refractivity (Wildman–Crippen MR) is 36.1 cm³/mol. The zero-order chi connectivity index (χ0) is 6.41. The zero-order valence-electron chi connectivity index (χ0n) is 4.39. The Kier molecular flexibility index (Phi) is 4.20. The van der Waals surface area contributed by atoms with Crippen LogP contribution < -0.4 is 11.2 Å². The van der Waals surface area contributed by atoms with Crippen LogP contribution in [0, 0.1) is 0 Å². The number of rotatable bonds is 3. The third kappa shape index (κ3) is 5.39. The summed E-state index contributed by atoms with van der Waals surface area (Å²) in [6, 6.07) is 0. The van der Waals surface area contributed by atoms with Crippen LogP contribution >= 0.6 is 12.2 Å². The second-order valence-corrected chi connectivity index (χ2v) is 1.46. The average molecular weight is 132 g/mol. The summed E-state index contributed by atoms with van der Waals surface area (Å²) in [5.41, 5.74) is 7.40. The fourth-order valence-corrected chi connectivity index (χ4v) is 0.231. The molecule has 0 aliphatic heterocycles. The summed E-state index contributed by atoms with van der Waals surface area (Å²) in [5.74, 6) is 0. The van der Waals surface area contributed by atoms with E-state index in [0.29, 0.717) is 6.54 Å². The van der Waals surface area contributed by atoms with Gasteiger partial charge in [-0.05, 0) is 12.2 Å². The summed E-state index contributed by atoms with van der Waals surface area (Å²) < 4.78 is 0. The maximum atomic E-state index is 4.95. The third-order valence-corrected chi connectivity index (χ3v) is 0.484. The Labute approximate surface area is 53.5 Å². The van der Waals surface area contributed by atoms with Gasteiger partial charge in [-0.3, -0.25) is 0 Å². The van der Waals surface area contributed by atoms with Crippen LogP contribution in [0.15, 0.2) is 12.7 Å². The minimum Gasteiger partial charge on any atom is -0.378 e. The molecule has 0 aromatic rings. The van der Waals surface area contributed by atoms with Crippen molar-refractivity contribution in [2.45, 2.75) is 0 Å². The van der Waals surface area contributed by atoms with E-state index in [2.05, 4.69) is 29.1 Å². The lowest BCUT2D eigenvalue weighted by atomic mass is 10.7. The molecule has 4 heteroatoms. The Morgan fingerprint density at radius 1 is 2.00 bits per heavy atom. The topological polar surface area (TPSA) is 47.3 Å². The van der Waals surface area contributed by atoms with E-state index < -0.39 is 0 Å². The van der Waals surface area contributed by atoms with Crippen molar-refractivity contribution < 1.29 is 4.84 Å². The molecular weight excluding hydrogens is 124 g/mol. The first-order chi connectivity index (χ1) is 3.77. The Bertz CT molecular complexity index is 94.0. The number of hydroxylamine groups is 1. The molecule has 0 unspecified atom stereocenters. The molecule has 0 atom stereocenters. The highest BCUT2D eigenvalue weighted by atomic mass is 32.1. The van der Waals surface area contributed by atoms with E-state index in [0.717, 1.165) is 0 Å². The van der Waals surface area contributed by atoms with Gasteiger partial charge in [-0.1, -0.05) is 6.08 Å². The van der Waals surface area contributed by atoms with Gasteiger partial charge < -0.3 is 10.6 Å². The van der Waals surface area contributed by atoms with Crippen LogP contribution in [0.5, 0.6) is 0 Å². The third-order valence-electron chi connectivity index (χ3n) is 0.400. The van der Waals surface area contributed by atoms with Crippen LogP contribution in [-0.2, 0) is 4.84 Å². The van der Waals surface area contributed by atoms with Gasteiger partial charge >= 0.3 is 0 Å². The van der Waals surface area contributed by atoms with Gasteiger partial charge in [-0.2, -0.15) is 0 Å². The Hall–Kier alpha value is -0.610. The van der Waals surface area contributed by atoms with Crippen molar-refractivity contribution in [1.29, 1.82) is 0 Å². The largest absolute Gasteiger partial charge is 0.378 e. The lowest BCUT2D eigenvalue weighted by Crippen LogP contribution is -2.23.